The van der Waals surface area contributed by atoms with Crippen LogP contribution in [0.4, 0.5) is 0 Å². The maximum atomic E-state index is 12.1. The third-order valence-electron chi connectivity index (χ3n) is 4.22. The van der Waals surface area contributed by atoms with Gasteiger partial charge in [0.2, 0.25) is 0 Å². The number of hydrogen-bond acceptors (Lipinski definition) is 4. The maximum Gasteiger partial charge on any atom is 0.342 e. The van der Waals surface area contributed by atoms with Gasteiger partial charge in [-0.2, -0.15) is 0 Å². The Morgan fingerprint density at radius 1 is 1.17 bits per heavy atom. The molecule has 0 saturated carbocycles. The summed E-state index contributed by atoms with van der Waals surface area (Å²) < 4.78 is 10.7. The van der Waals surface area contributed by atoms with Gasteiger partial charge in [-0.05, 0) is 43.0 Å². The van der Waals surface area contributed by atoms with Crippen molar-refractivity contribution >= 4 is 5.97 Å². The lowest BCUT2D eigenvalue weighted by Crippen LogP contribution is -2.37. The Hall–Kier alpha value is -2.33. The second kappa shape index (κ2) is 7.49. The van der Waals surface area contributed by atoms with Crippen LogP contribution in [0.2, 0.25) is 0 Å². The van der Waals surface area contributed by atoms with Crippen LogP contribution in [-0.4, -0.2) is 18.2 Å². The minimum absolute atomic E-state index is 0.222. The fourth-order valence-electron chi connectivity index (χ4n) is 2.68. The highest BCUT2D eigenvalue weighted by Crippen LogP contribution is 2.30. The Bertz CT molecular complexity index is 723. The first-order valence-corrected chi connectivity index (χ1v) is 8.01. The third-order valence-corrected chi connectivity index (χ3v) is 4.22. The van der Waals surface area contributed by atoms with Gasteiger partial charge in [-0.3, -0.25) is 0 Å². The SMILES string of the molecule is CCC(O)(C(=O)OC)c1ccccc1COc1cc(C)ccc1C. The predicted molar refractivity (Wildman–Crippen MR) is 92.9 cm³/mol. The van der Waals surface area contributed by atoms with Crippen molar-refractivity contribution < 1.29 is 19.4 Å². The Morgan fingerprint density at radius 2 is 1.88 bits per heavy atom. The van der Waals surface area contributed by atoms with Crippen LogP contribution >= 0.6 is 0 Å². The number of aliphatic hydroxyl groups is 1. The number of benzene rings is 2. The molecular formula is C20H24O4. The van der Waals surface area contributed by atoms with Crippen molar-refractivity contribution in [1.82, 2.24) is 0 Å². The topological polar surface area (TPSA) is 55.8 Å². The highest BCUT2D eigenvalue weighted by atomic mass is 16.5. The van der Waals surface area contributed by atoms with E-state index < -0.39 is 11.6 Å². The monoisotopic (exact) mass is 328 g/mol. The summed E-state index contributed by atoms with van der Waals surface area (Å²) in [7, 11) is 1.28. The van der Waals surface area contributed by atoms with E-state index in [4.69, 9.17) is 9.47 Å². The lowest BCUT2D eigenvalue weighted by Gasteiger charge is -2.26. The van der Waals surface area contributed by atoms with Crippen molar-refractivity contribution in [1.29, 1.82) is 0 Å². The van der Waals surface area contributed by atoms with Crippen LogP contribution in [0.15, 0.2) is 42.5 Å². The Balaban J connectivity index is 2.32. The standard InChI is InChI=1S/C20H24O4/c1-5-20(22,19(21)23-4)17-9-7-6-8-16(17)13-24-18-12-14(2)10-11-15(18)3/h6-12,22H,5,13H2,1-4H3. The van der Waals surface area contributed by atoms with Crippen molar-refractivity contribution in [3.63, 3.8) is 0 Å². The maximum absolute atomic E-state index is 12.1. The molecule has 4 nitrogen and oxygen atoms in total. The number of esters is 1. The van der Waals surface area contributed by atoms with Crippen molar-refractivity contribution in [2.45, 2.75) is 39.4 Å². The average molecular weight is 328 g/mol. The fourth-order valence-corrected chi connectivity index (χ4v) is 2.68. The van der Waals surface area contributed by atoms with Gasteiger partial charge in [0.15, 0.2) is 5.60 Å². The molecule has 0 radical (unpaired) electrons. The molecule has 2 rings (SSSR count). The highest BCUT2D eigenvalue weighted by molar-refractivity contribution is 5.81. The van der Waals surface area contributed by atoms with Gasteiger partial charge in [0.05, 0.1) is 7.11 Å². The molecule has 0 aliphatic heterocycles. The summed E-state index contributed by atoms with van der Waals surface area (Å²) in [5.41, 5.74) is 1.76. The van der Waals surface area contributed by atoms with Crippen LogP contribution in [0, 0.1) is 13.8 Å². The summed E-state index contributed by atoms with van der Waals surface area (Å²) in [5.74, 6) is 0.132. The fraction of sp³-hybridized carbons (Fsp3) is 0.350. The number of rotatable bonds is 6. The van der Waals surface area contributed by atoms with E-state index >= 15 is 0 Å². The van der Waals surface area contributed by atoms with Crippen LogP contribution < -0.4 is 4.74 Å². The van der Waals surface area contributed by atoms with E-state index in [0.29, 0.717) is 5.56 Å². The van der Waals surface area contributed by atoms with Gasteiger partial charge in [0.1, 0.15) is 12.4 Å². The van der Waals surface area contributed by atoms with Gasteiger partial charge in [-0.1, -0.05) is 43.3 Å². The quantitative estimate of drug-likeness (QED) is 0.822. The van der Waals surface area contributed by atoms with Gasteiger partial charge in [0, 0.05) is 5.56 Å². The van der Waals surface area contributed by atoms with Crippen molar-refractivity contribution in [2.24, 2.45) is 0 Å². The van der Waals surface area contributed by atoms with Crippen LogP contribution in [-0.2, 0) is 21.7 Å². The summed E-state index contributed by atoms with van der Waals surface area (Å²) in [6.07, 6.45) is 0.222. The second-order valence-corrected chi connectivity index (χ2v) is 5.92. The number of carbonyl (C=O) groups is 1. The van der Waals surface area contributed by atoms with Crippen molar-refractivity contribution in [2.75, 3.05) is 7.11 Å². The molecule has 0 saturated heterocycles. The highest BCUT2D eigenvalue weighted by Gasteiger charge is 2.39. The normalized spacial score (nSPS) is 13.2. The number of methoxy groups -OCH3 is 1. The molecule has 4 heteroatoms. The van der Waals surface area contributed by atoms with Crippen molar-refractivity contribution in [3.05, 3.63) is 64.7 Å². The van der Waals surface area contributed by atoms with Gasteiger partial charge in [0.25, 0.3) is 0 Å². The molecule has 2 aromatic rings. The van der Waals surface area contributed by atoms with Crippen LogP contribution in [0.3, 0.4) is 0 Å². The molecule has 0 aliphatic rings. The molecular weight excluding hydrogens is 304 g/mol. The first kappa shape index (κ1) is 18.0. The second-order valence-electron chi connectivity index (χ2n) is 5.92. The third kappa shape index (κ3) is 3.60. The molecule has 128 valence electrons. The Labute approximate surface area is 143 Å². The molecule has 1 atom stereocenters. The minimum atomic E-state index is -1.67. The first-order valence-electron chi connectivity index (χ1n) is 8.01. The van der Waals surface area contributed by atoms with E-state index in [0.717, 1.165) is 22.4 Å². The first-order chi connectivity index (χ1) is 11.4. The Kier molecular flexibility index (Phi) is 5.62. The zero-order valence-electron chi connectivity index (χ0n) is 14.6. The zero-order valence-corrected chi connectivity index (χ0v) is 14.6. The summed E-state index contributed by atoms with van der Waals surface area (Å²) in [6.45, 7) is 6.00. The lowest BCUT2D eigenvalue weighted by atomic mass is 9.87. The van der Waals surface area contributed by atoms with Crippen LogP contribution in [0.1, 0.15) is 35.6 Å². The number of aryl methyl sites for hydroxylation is 2. The van der Waals surface area contributed by atoms with E-state index in [9.17, 15) is 9.90 Å². The summed E-state index contributed by atoms with van der Waals surface area (Å²) in [4.78, 5) is 12.1. The molecule has 2 aromatic carbocycles. The van der Waals surface area contributed by atoms with Gasteiger partial charge < -0.3 is 14.6 Å². The van der Waals surface area contributed by atoms with Gasteiger partial charge >= 0.3 is 5.97 Å². The van der Waals surface area contributed by atoms with Gasteiger partial charge in [-0.15, -0.1) is 0 Å². The molecule has 0 aliphatic carbocycles. The molecule has 24 heavy (non-hydrogen) atoms. The summed E-state index contributed by atoms with van der Waals surface area (Å²) in [6, 6.07) is 13.3. The summed E-state index contributed by atoms with van der Waals surface area (Å²) >= 11 is 0. The molecule has 0 bridgehead atoms. The molecule has 0 amide bonds. The summed E-state index contributed by atoms with van der Waals surface area (Å²) in [5, 5.41) is 10.8. The smallest absolute Gasteiger partial charge is 0.342 e. The van der Waals surface area contributed by atoms with E-state index in [-0.39, 0.29) is 13.0 Å². The van der Waals surface area contributed by atoms with Crippen molar-refractivity contribution in [3.8, 4) is 5.75 Å². The molecule has 0 aromatic heterocycles. The average Bonchev–Trinajstić information content (AvgIpc) is 2.61. The van der Waals surface area contributed by atoms with E-state index in [2.05, 4.69) is 0 Å². The number of ether oxygens (including phenoxy) is 2. The molecule has 0 fully saturated rings. The van der Waals surface area contributed by atoms with Gasteiger partial charge in [-0.25, -0.2) is 4.79 Å². The van der Waals surface area contributed by atoms with Crippen LogP contribution in [0.25, 0.3) is 0 Å². The van der Waals surface area contributed by atoms with E-state index in [1.54, 1.807) is 19.1 Å². The largest absolute Gasteiger partial charge is 0.489 e. The minimum Gasteiger partial charge on any atom is -0.489 e. The van der Waals surface area contributed by atoms with Crippen LogP contribution in [0.5, 0.6) is 5.75 Å². The molecule has 0 heterocycles. The predicted octanol–water partition coefficient (Wildman–Crippen LogP) is 3.65. The molecule has 0 spiro atoms. The van der Waals surface area contributed by atoms with E-state index in [1.807, 2.05) is 44.2 Å². The number of carbonyl (C=O) groups excluding carboxylic acids is 1. The van der Waals surface area contributed by atoms with E-state index in [1.165, 1.54) is 7.11 Å². The lowest BCUT2D eigenvalue weighted by molar-refractivity contribution is -0.164. The zero-order chi connectivity index (χ0) is 17.7. The molecule has 1 unspecified atom stereocenters. The molecule has 1 N–H and O–H groups in total. The Morgan fingerprint density at radius 3 is 2.54 bits per heavy atom. The number of hydrogen-bond donors (Lipinski definition) is 1.